The second kappa shape index (κ2) is 5.40. The lowest BCUT2D eigenvalue weighted by Gasteiger charge is -2.26. The Morgan fingerprint density at radius 3 is 3.04 bits per heavy atom. The van der Waals surface area contributed by atoms with Gasteiger partial charge in [-0.2, -0.15) is 0 Å². The molecule has 3 atom stereocenters. The van der Waals surface area contributed by atoms with Crippen LogP contribution in [-0.4, -0.2) is 34.7 Å². The van der Waals surface area contributed by atoms with Crippen LogP contribution in [0.3, 0.4) is 0 Å². The van der Waals surface area contributed by atoms with Crippen LogP contribution in [0.1, 0.15) is 48.6 Å². The van der Waals surface area contributed by atoms with E-state index in [0.29, 0.717) is 0 Å². The zero-order valence-corrected chi connectivity index (χ0v) is 14.9. The van der Waals surface area contributed by atoms with E-state index in [1.165, 1.54) is 11.3 Å². The van der Waals surface area contributed by atoms with Gasteiger partial charge in [0.2, 0.25) is 0 Å². The summed E-state index contributed by atoms with van der Waals surface area (Å²) in [6.07, 6.45) is 2.92. The first-order chi connectivity index (χ1) is 12.1. The van der Waals surface area contributed by atoms with E-state index in [1.807, 2.05) is 6.07 Å². The van der Waals surface area contributed by atoms with Crippen LogP contribution in [0.2, 0.25) is 5.02 Å². The summed E-state index contributed by atoms with van der Waals surface area (Å²) in [5, 5.41) is 14.6. The molecule has 6 heteroatoms. The highest BCUT2D eigenvalue weighted by Crippen LogP contribution is 2.51. The lowest BCUT2D eigenvalue weighted by Crippen LogP contribution is -2.34. The fraction of sp³-hybridized carbons (Fsp3) is 0.474. The number of rotatable bonds is 1. The van der Waals surface area contributed by atoms with Crippen molar-refractivity contribution < 1.29 is 5.11 Å². The molecule has 5 rings (SSSR count). The van der Waals surface area contributed by atoms with Gasteiger partial charge < -0.3 is 15.3 Å². The van der Waals surface area contributed by atoms with Gasteiger partial charge in [0, 0.05) is 34.8 Å². The van der Waals surface area contributed by atoms with Gasteiger partial charge in [-0.3, -0.25) is 0 Å². The summed E-state index contributed by atoms with van der Waals surface area (Å²) in [6.45, 7) is 5.02. The van der Waals surface area contributed by atoms with E-state index < -0.39 is 6.10 Å². The summed E-state index contributed by atoms with van der Waals surface area (Å²) in [7, 11) is 0. The van der Waals surface area contributed by atoms with Crippen molar-refractivity contribution in [3.8, 4) is 0 Å². The Bertz CT molecular complexity index is 849. The van der Waals surface area contributed by atoms with Crippen molar-refractivity contribution in [2.75, 3.05) is 24.5 Å². The van der Waals surface area contributed by atoms with Crippen molar-refractivity contribution in [3.63, 3.8) is 0 Å². The molecule has 2 aliphatic heterocycles. The first-order valence-electron chi connectivity index (χ1n) is 8.90. The van der Waals surface area contributed by atoms with Crippen molar-refractivity contribution in [3.05, 3.63) is 46.4 Å². The quantitative estimate of drug-likeness (QED) is 0.822. The van der Waals surface area contributed by atoms with Crippen LogP contribution in [0.5, 0.6) is 0 Å². The van der Waals surface area contributed by atoms with E-state index >= 15 is 0 Å². The van der Waals surface area contributed by atoms with Gasteiger partial charge >= 0.3 is 0 Å². The molecule has 1 unspecified atom stereocenters. The fourth-order valence-electron chi connectivity index (χ4n) is 4.86. The highest BCUT2D eigenvalue weighted by molar-refractivity contribution is 6.30. The van der Waals surface area contributed by atoms with Gasteiger partial charge in [0.25, 0.3) is 0 Å². The minimum absolute atomic E-state index is 0.0819. The molecule has 2 N–H and O–H groups in total. The van der Waals surface area contributed by atoms with E-state index in [1.54, 1.807) is 6.33 Å². The number of fused-ring (bicyclic) bond motifs is 3. The molecule has 1 aliphatic carbocycles. The third-order valence-electron chi connectivity index (χ3n) is 6.06. The lowest BCUT2D eigenvalue weighted by molar-refractivity contribution is 0.170. The number of benzene rings is 1. The number of hydrogen-bond donors (Lipinski definition) is 2. The molecule has 0 radical (unpaired) electrons. The molecule has 25 heavy (non-hydrogen) atoms. The van der Waals surface area contributed by atoms with Crippen LogP contribution < -0.4 is 10.2 Å². The highest BCUT2D eigenvalue weighted by atomic mass is 35.5. The van der Waals surface area contributed by atoms with Crippen LogP contribution in [0.15, 0.2) is 24.5 Å². The molecule has 0 amide bonds. The Morgan fingerprint density at radius 2 is 2.24 bits per heavy atom. The summed E-state index contributed by atoms with van der Waals surface area (Å²) in [5.74, 6) is 1.21. The molecule has 5 nitrogen and oxygen atoms in total. The molecular weight excluding hydrogens is 336 g/mol. The highest BCUT2D eigenvalue weighted by Gasteiger charge is 2.46. The summed E-state index contributed by atoms with van der Waals surface area (Å²) in [5.41, 5.74) is 4.46. The number of aliphatic hydroxyl groups is 1. The zero-order chi connectivity index (χ0) is 17.2. The lowest BCUT2D eigenvalue weighted by atomic mass is 9.82. The van der Waals surface area contributed by atoms with Gasteiger partial charge in [-0.05, 0) is 49.1 Å². The predicted molar refractivity (Wildman–Crippen MR) is 97.6 cm³/mol. The topological polar surface area (TPSA) is 61.3 Å². The fourth-order valence-corrected chi connectivity index (χ4v) is 5.03. The number of nitrogens with one attached hydrogen (secondary N) is 1. The molecule has 2 aromatic rings. The molecule has 1 fully saturated rings. The number of aromatic nitrogens is 2. The summed E-state index contributed by atoms with van der Waals surface area (Å²) >= 11 is 6.32. The van der Waals surface area contributed by atoms with Gasteiger partial charge in [0.1, 0.15) is 12.1 Å². The molecule has 3 aliphatic rings. The maximum absolute atomic E-state index is 10.3. The van der Waals surface area contributed by atoms with Crippen molar-refractivity contribution in [1.82, 2.24) is 15.3 Å². The number of anilines is 2. The second-order valence-electron chi connectivity index (χ2n) is 7.60. The molecular formula is C19H21ClN4O. The number of nitrogens with zero attached hydrogens (tertiary/aromatic N) is 3. The second-order valence-corrected chi connectivity index (χ2v) is 8.04. The minimum atomic E-state index is -0.485. The Hall–Kier alpha value is -1.69. The molecule has 3 heterocycles. The van der Waals surface area contributed by atoms with Crippen LogP contribution >= 0.6 is 11.6 Å². The van der Waals surface area contributed by atoms with E-state index in [2.05, 4.69) is 39.2 Å². The third kappa shape index (κ3) is 2.16. The molecule has 1 spiro atoms. The SMILES string of the molecule is C[C@@H]1C[C@@H](O)c2ncnc(N3CC4(CCNC4)c4cc(Cl)ccc43)c21. The third-order valence-corrected chi connectivity index (χ3v) is 6.29. The van der Waals surface area contributed by atoms with Crippen LogP contribution in [0.4, 0.5) is 11.5 Å². The molecule has 0 bridgehead atoms. The van der Waals surface area contributed by atoms with Gasteiger partial charge in [-0.1, -0.05) is 18.5 Å². The summed E-state index contributed by atoms with van der Waals surface area (Å²) in [4.78, 5) is 11.3. The molecule has 1 aromatic carbocycles. The predicted octanol–water partition coefficient (Wildman–Crippen LogP) is 3.05. The summed E-state index contributed by atoms with van der Waals surface area (Å²) in [6, 6.07) is 6.17. The van der Waals surface area contributed by atoms with E-state index in [9.17, 15) is 5.11 Å². The zero-order valence-electron chi connectivity index (χ0n) is 14.2. The van der Waals surface area contributed by atoms with Gasteiger partial charge in [0.15, 0.2) is 0 Å². The van der Waals surface area contributed by atoms with E-state index in [0.717, 1.165) is 54.6 Å². The largest absolute Gasteiger partial charge is 0.387 e. The monoisotopic (exact) mass is 356 g/mol. The van der Waals surface area contributed by atoms with E-state index in [-0.39, 0.29) is 11.3 Å². The van der Waals surface area contributed by atoms with Gasteiger partial charge in [0.05, 0.1) is 11.8 Å². The van der Waals surface area contributed by atoms with Gasteiger partial charge in [-0.15, -0.1) is 0 Å². The Labute approximate surface area is 152 Å². The van der Waals surface area contributed by atoms with E-state index in [4.69, 9.17) is 11.6 Å². The molecule has 1 saturated heterocycles. The van der Waals surface area contributed by atoms with Crippen LogP contribution in [-0.2, 0) is 5.41 Å². The average Bonchev–Trinajstić information content (AvgIpc) is 3.27. The number of aliphatic hydroxyl groups excluding tert-OH is 1. The Balaban J connectivity index is 1.68. The van der Waals surface area contributed by atoms with Crippen LogP contribution in [0, 0.1) is 0 Å². The Morgan fingerprint density at radius 1 is 1.36 bits per heavy atom. The maximum Gasteiger partial charge on any atom is 0.140 e. The minimum Gasteiger partial charge on any atom is -0.387 e. The van der Waals surface area contributed by atoms with Gasteiger partial charge in [-0.25, -0.2) is 9.97 Å². The molecule has 130 valence electrons. The van der Waals surface area contributed by atoms with Crippen molar-refractivity contribution >= 4 is 23.1 Å². The average molecular weight is 357 g/mol. The van der Waals surface area contributed by atoms with Crippen molar-refractivity contribution in [2.24, 2.45) is 0 Å². The smallest absolute Gasteiger partial charge is 0.140 e. The molecule has 0 saturated carbocycles. The number of halogens is 1. The first-order valence-corrected chi connectivity index (χ1v) is 9.28. The maximum atomic E-state index is 10.3. The van der Waals surface area contributed by atoms with Crippen molar-refractivity contribution in [1.29, 1.82) is 0 Å². The Kier molecular flexibility index (Phi) is 3.36. The summed E-state index contributed by atoms with van der Waals surface area (Å²) < 4.78 is 0. The molecule has 1 aromatic heterocycles. The number of hydrogen-bond acceptors (Lipinski definition) is 5. The van der Waals surface area contributed by atoms with Crippen LogP contribution in [0.25, 0.3) is 0 Å². The standard InChI is InChI=1S/C19H21ClN4O/c1-11-6-15(25)17-16(11)18(23-10-22-17)24-9-19(4-5-21-8-19)13-7-12(20)2-3-14(13)24/h2-3,7,10-11,15,21,25H,4-6,8-9H2,1H3/t11-,15-,19?/m1/s1. The normalized spacial score (nSPS) is 30.1. The van der Waals surface area contributed by atoms with Crippen molar-refractivity contribution in [2.45, 2.75) is 37.2 Å². The first kappa shape index (κ1) is 15.6.